The first-order valence-electron chi connectivity index (χ1n) is 5.38. The lowest BCUT2D eigenvalue weighted by molar-refractivity contribution is 0.211. The molecule has 6 heteroatoms. The number of aromatic nitrogens is 4. The maximum absolute atomic E-state index is 9.50. The number of aryl methyl sites for hydroxylation is 1. The summed E-state index contributed by atoms with van der Waals surface area (Å²) in [4.78, 5) is 12.6. The Morgan fingerprint density at radius 2 is 2.24 bits per heavy atom. The van der Waals surface area contributed by atoms with Gasteiger partial charge in [0, 0.05) is 6.42 Å². The fourth-order valence-electron chi connectivity index (χ4n) is 2.09. The van der Waals surface area contributed by atoms with Gasteiger partial charge < -0.3 is 9.67 Å². The van der Waals surface area contributed by atoms with Gasteiger partial charge in [0.15, 0.2) is 10.8 Å². The number of imidazole rings is 1. The van der Waals surface area contributed by atoms with E-state index in [9.17, 15) is 5.11 Å². The van der Waals surface area contributed by atoms with Crippen LogP contribution >= 0.6 is 11.6 Å². The second-order valence-corrected chi connectivity index (χ2v) is 4.50. The van der Waals surface area contributed by atoms with Gasteiger partial charge in [-0.2, -0.15) is 0 Å². The minimum absolute atomic E-state index is 0.0837. The second-order valence-electron chi connectivity index (χ2n) is 4.14. The molecule has 2 aromatic heterocycles. The summed E-state index contributed by atoms with van der Waals surface area (Å²) >= 11 is 6.02. The smallest absolute Gasteiger partial charge is 0.165 e. The zero-order valence-electron chi connectivity index (χ0n) is 9.21. The van der Waals surface area contributed by atoms with Crippen LogP contribution in [0.4, 0.5) is 0 Å². The van der Waals surface area contributed by atoms with E-state index in [1.807, 2.05) is 10.6 Å². The SMILES string of the molecule is Cc1nc(Cl)c2ncn([C@H]3C=CC(O)C3)c2n1. The van der Waals surface area contributed by atoms with Gasteiger partial charge in [-0.25, -0.2) is 15.0 Å². The van der Waals surface area contributed by atoms with Crippen molar-refractivity contribution >= 4 is 22.8 Å². The Kier molecular flexibility index (Phi) is 2.38. The number of hydrogen-bond donors (Lipinski definition) is 1. The molecule has 0 aliphatic heterocycles. The molecule has 0 radical (unpaired) electrons. The molecule has 17 heavy (non-hydrogen) atoms. The van der Waals surface area contributed by atoms with Gasteiger partial charge in [0.25, 0.3) is 0 Å². The Bertz CT molecular complexity index is 607. The summed E-state index contributed by atoms with van der Waals surface area (Å²) in [5.41, 5.74) is 1.32. The fraction of sp³-hybridized carbons (Fsp3) is 0.364. The lowest BCUT2D eigenvalue weighted by Gasteiger charge is -2.11. The third-order valence-corrected chi connectivity index (χ3v) is 3.15. The first kappa shape index (κ1) is 10.7. The molecule has 2 heterocycles. The normalized spacial score (nSPS) is 23.7. The molecule has 1 N–H and O–H groups in total. The molecule has 1 aliphatic carbocycles. The minimum Gasteiger partial charge on any atom is -0.389 e. The van der Waals surface area contributed by atoms with Crippen molar-refractivity contribution in [3.63, 3.8) is 0 Å². The Morgan fingerprint density at radius 3 is 2.94 bits per heavy atom. The van der Waals surface area contributed by atoms with Gasteiger partial charge in [-0.15, -0.1) is 0 Å². The van der Waals surface area contributed by atoms with E-state index in [-0.39, 0.29) is 6.04 Å². The molecule has 2 atom stereocenters. The molecule has 0 bridgehead atoms. The summed E-state index contributed by atoms with van der Waals surface area (Å²) in [6.45, 7) is 1.79. The number of fused-ring (bicyclic) bond motifs is 1. The van der Waals surface area contributed by atoms with E-state index in [1.54, 1.807) is 19.3 Å². The van der Waals surface area contributed by atoms with Gasteiger partial charge >= 0.3 is 0 Å². The maximum Gasteiger partial charge on any atom is 0.165 e. The highest BCUT2D eigenvalue weighted by molar-refractivity contribution is 6.33. The highest BCUT2D eigenvalue weighted by atomic mass is 35.5. The molecule has 1 aliphatic rings. The van der Waals surface area contributed by atoms with Gasteiger partial charge in [0.1, 0.15) is 11.3 Å². The van der Waals surface area contributed by atoms with Crippen LogP contribution in [0.5, 0.6) is 0 Å². The summed E-state index contributed by atoms with van der Waals surface area (Å²) in [5.74, 6) is 0.617. The molecule has 0 spiro atoms. The van der Waals surface area contributed by atoms with Gasteiger partial charge in [-0.1, -0.05) is 23.8 Å². The lowest BCUT2D eigenvalue weighted by atomic mass is 10.2. The molecular weight excluding hydrogens is 240 g/mol. The molecule has 0 saturated heterocycles. The van der Waals surface area contributed by atoms with Crippen LogP contribution in [0.25, 0.3) is 11.2 Å². The topological polar surface area (TPSA) is 63.8 Å². The average molecular weight is 251 g/mol. The van der Waals surface area contributed by atoms with E-state index in [2.05, 4.69) is 15.0 Å². The Hall–Kier alpha value is -1.46. The highest BCUT2D eigenvalue weighted by Crippen LogP contribution is 2.28. The Labute approximate surface area is 103 Å². The van der Waals surface area contributed by atoms with Gasteiger partial charge in [-0.3, -0.25) is 0 Å². The maximum atomic E-state index is 9.50. The summed E-state index contributed by atoms with van der Waals surface area (Å²) in [6.07, 6.45) is 5.68. The summed E-state index contributed by atoms with van der Waals surface area (Å²) in [7, 11) is 0. The highest BCUT2D eigenvalue weighted by Gasteiger charge is 2.21. The zero-order valence-corrected chi connectivity index (χ0v) is 9.96. The first-order chi connectivity index (χ1) is 8.15. The minimum atomic E-state index is -0.393. The van der Waals surface area contributed by atoms with E-state index in [0.717, 1.165) is 0 Å². The monoisotopic (exact) mass is 250 g/mol. The fourth-order valence-corrected chi connectivity index (χ4v) is 2.35. The summed E-state index contributed by atoms with van der Waals surface area (Å²) < 4.78 is 1.92. The Balaban J connectivity index is 2.15. The summed E-state index contributed by atoms with van der Waals surface area (Å²) in [5, 5.41) is 9.87. The quantitative estimate of drug-likeness (QED) is 0.617. The van der Waals surface area contributed by atoms with Crippen LogP contribution in [0.2, 0.25) is 5.15 Å². The van der Waals surface area contributed by atoms with Crippen LogP contribution in [-0.4, -0.2) is 30.7 Å². The van der Waals surface area contributed by atoms with Gasteiger partial charge in [0.05, 0.1) is 18.5 Å². The Morgan fingerprint density at radius 1 is 1.41 bits per heavy atom. The van der Waals surface area contributed by atoms with Gasteiger partial charge in [0.2, 0.25) is 0 Å². The van der Waals surface area contributed by atoms with Crippen LogP contribution in [0.1, 0.15) is 18.3 Å². The van der Waals surface area contributed by atoms with Crippen molar-refractivity contribution in [2.75, 3.05) is 0 Å². The van der Waals surface area contributed by atoms with Crippen molar-refractivity contribution in [1.82, 2.24) is 19.5 Å². The largest absolute Gasteiger partial charge is 0.389 e. The third-order valence-electron chi connectivity index (χ3n) is 2.89. The van der Waals surface area contributed by atoms with Crippen LogP contribution in [0, 0.1) is 6.92 Å². The number of allylic oxidation sites excluding steroid dienone is 1. The molecule has 0 fully saturated rings. The second kappa shape index (κ2) is 3.78. The average Bonchev–Trinajstić information content (AvgIpc) is 2.83. The van der Waals surface area contributed by atoms with Crippen LogP contribution in [0.3, 0.4) is 0 Å². The van der Waals surface area contributed by atoms with Crippen LogP contribution in [-0.2, 0) is 0 Å². The standard InChI is InChI=1S/C11H11ClN4O/c1-6-14-10(12)9-11(15-6)16(5-13-9)7-2-3-8(17)4-7/h2-3,5,7-8,17H,4H2,1H3/t7-,8?/m0/s1. The van der Waals surface area contributed by atoms with Gasteiger partial charge in [-0.05, 0) is 6.92 Å². The molecule has 3 rings (SSSR count). The summed E-state index contributed by atoms with van der Waals surface area (Å²) in [6, 6.07) is 0.0837. The van der Waals surface area contributed by atoms with Crippen molar-refractivity contribution < 1.29 is 5.11 Å². The molecule has 0 saturated carbocycles. The zero-order chi connectivity index (χ0) is 12.0. The third kappa shape index (κ3) is 1.71. The lowest BCUT2D eigenvalue weighted by Crippen LogP contribution is -2.08. The van der Waals surface area contributed by atoms with E-state index < -0.39 is 6.10 Å². The van der Waals surface area contributed by atoms with E-state index in [1.165, 1.54) is 0 Å². The predicted molar refractivity (Wildman–Crippen MR) is 63.9 cm³/mol. The first-order valence-corrected chi connectivity index (χ1v) is 5.76. The molecular formula is C11H11ClN4O. The van der Waals surface area contributed by atoms with Crippen molar-refractivity contribution in [2.45, 2.75) is 25.5 Å². The van der Waals surface area contributed by atoms with Crippen LogP contribution in [0.15, 0.2) is 18.5 Å². The van der Waals surface area contributed by atoms with Crippen molar-refractivity contribution in [3.8, 4) is 0 Å². The predicted octanol–water partition coefficient (Wildman–Crippen LogP) is 1.65. The molecule has 1 unspecified atom stereocenters. The number of nitrogens with zero attached hydrogens (tertiary/aromatic N) is 4. The number of rotatable bonds is 1. The van der Waals surface area contributed by atoms with E-state index in [4.69, 9.17) is 11.6 Å². The number of halogens is 1. The van der Waals surface area contributed by atoms with Crippen molar-refractivity contribution in [1.29, 1.82) is 0 Å². The van der Waals surface area contributed by atoms with E-state index >= 15 is 0 Å². The van der Waals surface area contributed by atoms with E-state index in [0.29, 0.717) is 28.6 Å². The molecule has 5 nitrogen and oxygen atoms in total. The number of aliphatic hydroxyl groups is 1. The van der Waals surface area contributed by atoms with Crippen LogP contribution < -0.4 is 0 Å². The molecule has 2 aromatic rings. The molecule has 0 amide bonds. The van der Waals surface area contributed by atoms with Crippen molar-refractivity contribution in [3.05, 3.63) is 29.5 Å². The molecule has 0 aromatic carbocycles. The number of aliphatic hydroxyl groups excluding tert-OH is 1. The van der Waals surface area contributed by atoms with Crippen molar-refractivity contribution in [2.24, 2.45) is 0 Å². The number of hydrogen-bond acceptors (Lipinski definition) is 4. The molecule has 88 valence electrons.